The molecule has 0 saturated heterocycles. The molecule has 0 spiro atoms. The monoisotopic (exact) mass is 245 g/mol. The molecule has 2 atom stereocenters. The summed E-state index contributed by atoms with van der Waals surface area (Å²) in [5.74, 6) is 0.516. The van der Waals surface area contributed by atoms with Crippen LogP contribution in [0.2, 0.25) is 0 Å². The molecule has 1 aliphatic rings. The third-order valence-corrected chi connectivity index (χ3v) is 4.38. The maximum absolute atomic E-state index is 10.3. The lowest BCUT2D eigenvalue weighted by molar-refractivity contribution is -0.137. The van der Waals surface area contributed by atoms with Crippen LogP contribution in [0.25, 0.3) is 0 Å². The first-order valence-electron chi connectivity index (χ1n) is 6.30. The van der Waals surface area contributed by atoms with Crippen molar-refractivity contribution in [1.82, 2.24) is 5.32 Å². The van der Waals surface area contributed by atoms with Crippen molar-refractivity contribution < 1.29 is 9.90 Å². The van der Waals surface area contributed by atoms with Crippen molar-refractivity contribution in [2.75, 3.05) is 12.3 Å². The molecule has 0 radical (unpaired) electrons. The van der Waals surface area contributed by atoms with Crippen LogP contribution in [0.3, 0.4) is 0 Å². The number of carboxylic acids is 1. The highest BCUT2D eigenvalue weighted by Crippen LogP contribution is 2.29. The SMILES string of the molecule is CCSC1CCCC1NCCCCC(=O)O. The number of rotatable bonds is 8. The van der Waals surface area contributed by atoms with Gasteiger partial charge in [0.05, 0.1) is 0 Å². The van der Waals surface area contributed by atoms with Gasteiger partial charge in [-0.25, -0.2) is 0 Å². The standard InChI is InChI=1S/C12H23NO2S/c1-2-16-11-7-5-6-10(11)13-9-4-3-8-12(14)15/h10-11,13H,2-9H2,1H3,(H,14,15). The van der Waals surface area contributed by atoms with E-state index in [1.165, 1.54) is 25.0 Å². The van der Waals surface area contributed by atoms with E-state index in [1.54, 1.807) is 0 Å². The minimum absolute atomic E-state index is 0.305. The summed E-state index contributed by atoms with van der Waals surface area (Å²) in [6.45, 7) is 3.19. The van der Waals surface area contributed by atoms with Crippen LogP contribution in [0.1, 0.15) is 45.4 Å². The number of hydrogen-bond donors (Lipinski definition) is 2. The van der Waals surface area contributed by atoms with Crippen LogP contribution in [0, 0.1) is 0 Å². The highest BCUT2D eigenvalue weighted by Gasteiger charge is 2.26. The average molecular weight is 245 g/mol. The summed E-state index contributed by atoms with van der Waals surface area (Å²) in [4.78, 5) is 10.3. The Kier molecular flexibility index (Phi) is 6.88. The van der Waals surface area contributed by atoms with Gasteiger partial charge in [-0.1, -0.05) is 13.3 Å². The van der Waals surface area contributed by atoms with Gasteiger partial charge in [-0.2, -0.15) is 11.8 Å². The van der Waals surface area contributed by atoms with Gasteiger partial charge in [0, 0.05) is 17.7 Å². The first-order valence-corrected chi connectivity index (χ1v) is 7.35. The quantitative estimate of drug-likeness (QED) is 0.645. The fourth-order valence-electron chi connectivity index (χ4n) is 2.26. The Morgan fingerprint density at radius 3 is 2.94 bits per heavy atom. The first kappa shape index (κ1) is 13.8. The van der Waals surface area contributed by atoms with E-state index in [4.69, 9.17) is 5.11 Å². The summed E-state index contributed by atoms with van der Waals surface area (Å²) in [5, 5.41) is 12.9. The smallest absolute Gasteiger partial charge is 0.303 e. The summed E-state index contributed by atoms with van der Waals surface area (Å²) >= 11 is 2.06. The van der Waals surface area contributed by atoms with Crippen LogP contribution < -0.4 is 5.32 Å². The molecule has 0 aromatic heterocycles. The summed E-state index contributed by atoms with van der Waals surface area (Å²) in [5.41, 5.74) is 0. The first-order chi connectivity index (χ1) is 7.74. The molecule has 16 heavy (non-hydrogen) atoms. The van der Waals surface area contributed by atoms with Crippen molar-refractivity contribution in [3.05, 3.63) is 0 Å². The number of hydrogen-bond acceptors (Lipinski definition) is 3. The van der Waals surface area contributed by atoms with Gasteiger partial charge < -0.3 is 10.4 Å². The zero-order chi connectivity index (χ0) is 11.8. The normalized spacial score (nSPS) is 24.8. The molecule has 1 saturated carbocycles. The highest BCUT2D eigenvalue weighted by atomic mass is 32.2. The van der Waals surface area contributed by atoms with Gasteiger partial charge in [0.15, 0.2) is 0 Å². The number of carbonyl (C=O) groups is 1. The van der Waals surface area contributed by atoms with Gasteiger partial charge in [0.25, 0.3) is 0 Å². The zero-order valence-electron chi connectivity index (χ0n) is 10.1. The molecule has 4 heteroatoms. The van der Waals surface area contributed by atoms with Gasteiger partial charge in [0.1, 0.15) is 0 Å². The molecule has 1 fully saturated rings. The van der Waals surface area contributed by atoms with Crippen LogP contribution in [0.15, 0.2) is 0 Å². The number of thioether (sulfide) groups is 1. The fourth-order valence-corrected chi connectivity index (χ4v) is 3.49. The van der Waals surface area contributed by atoms with E-state index in [9.17, 15) is 4.79 Å². The Morgan fingerprint density at radius 1 is 1.44 bits per heavy atom. The average Bonchev–Trinajstić information content (AvgIpc) is 2.65. The molecule has 1 rings (SSSR count). The van der Waals surface area contributed by atoms with E-state index >= 15 is 0 Å². The number of nitrogens with one attached hydrogen (secondary N) is 1. The van der Waals surface area contributed by atoms with Crippen molar-refractivity contribution in [2.24, 2.45) is 0 Å². The third-order valence-electron chi connectivity index (χ3n) is 3.06. The molecule has 94 valence electrons. The van der Waals surface area contributed by atoms with Gasteiger partial charge in [0.2, 0.25) is 0 Å². The van der Waals surface area contributed by atoms with E-state index in [0.717, 1.165) is 24.6 Å². The van der Waals surface area contributed by atoms with Gasteiger partial charge in [-0.3, -0.25) is 4.79 Å². The number of unbranched alkanes of at least 4 members (excludes halogenated alkanes) is 1. The van der Waals surface area contributed by atoms with Gasteiger partial charge in [-0.05, 0) is 38.0 Å². The molecule has 0 aromatic rings. The van der Waals surface area contributed by atoms with E-state index < -0.39 is 5.97 Å². The molecule has 0 heterocycles. The molecule has 2 unspecified atom stereocenters. The zero-order valence-corrected chi connectivity index (χ0v) is 10.9. The summed E-state index contributed by atoms with van der Waals surface area (Å²) in [6.07, 6.45) is 6.04. The van der Waals surface area contributed by atoms with Crippen molar-refractivity contribution in [2.45, 2.75) is 56.7 Å². The van der Waals surface area contributed by atoms with Crippen molar-refractivity contribution in [1.29, 1.82) is 0 Å². The Balaban J connectivity index is 2.05. The van der Waals surface area contributed by atoms with Crippen LogP contribution in [0.4, 0.5) is 0 Å². The minimum Gasteiger partial charge on any atom is -0.481 e. The summed E-state index contributed by atoms with van der Waals surface area (Å²) in [6, 6.07) is 0.662. The van der Waals surface area contributed by atoms with Crippen molar-refractivity contribution in [3.63, 3.8) is 0 Å². The molecule has 0 bridgehead atoms. The number of carboxylic acid groups (broad SMARTS) is 1. The van der Waals surface area contributed by atoms with E-state index in [0.29, 0.717) is 12.5 Å². The molecular formula is C12H23NO2S. The summed E-state index contributed by atoms with van der Waals surface area (Å²) in [7, 11) is 0. The minimum atomic E-state index is -0.680. The van der Waals surface area contributed by atoms with Crippen LogP contribution in [-0.2, 0) is 4.79 Å². The highest BCUT2D eigenvalue weighted by molar-refractivity contribution is 7.99. The molecule has 0 amide bonds. The Labute approximate surface area is 102 Å². The van der Waals surface area contributed by atoms with Crippen molar-refractivity contribution in [3.8, 4) is 0 Å². The second kappa shape index (κ2) is 7.96. The Hall–Kier alpha value is -0.220. The lowest BCUT2D eigenvalue weighted by Crippen LogP contribution is -2.34. The van der Waals surface area contributed by atoms with E-state index in [-0.39, 0.29) is 0 Å². The Bertz CT molecular complexity index is 211. The summed E-state index contributed by atoms with van der Waals surface area (Å²) < 4.78 is 0. The second-order valence-electron chi connectivity index (χ2n) is 4.34. The molecule has 0 aromatic carbocycles. The lowest BCUT2D eigenvalue weighted by Gasteiger charge is -2.20. The maximum atomic E-state index is 10.3. The second-order valence-corrected chi connectivity index (χ2v) is 5.85. The predicted molar refractivity (Wildman–Crippen MR) is 69.0 cm³/mol. The van der Waals surface area contributed by atoms with Crippen molar-refractivity contribution >= 4 is 17.7 Å². The Morgan fingerprint density at radius 2 is 2.25 bits per heavy atom. The van der Waals surface area contributed by atoms with E-state index in [1.807, 2.05) is 0 Å². The largest absolute Gasteiger partial charge is 0.481 e. The molecule has 0 aliphatic heterocycles. The van der Waals surface area contributed by atoms with Crippen LogP contribution in [0.5, 0.6) is 0 Å². The molecule has 2 N–H and O–H groups in total. The molecule has 1 aliphatic carbocycles. The van der Waals surface area contributed by atoms with Gasteiger partial charge in [-0.15, -0.1) is 0 Å². The maximum Gasteiger partial charge on any atom is 0.303 e. The van der Waals surface area contributed by atoms with Gasteiger partial charge >= 0.3 is 5.97 Å². The molecule has 3 nitrogen and oxygen atoms in total. The fraction of sp³-hybridized carbons (Fsp3) is 0.917. The number of aliphatic carboxylic acids is 1. The topological polar surface area (TPSA) is 49.3 Å². The van der Waals surface area contributed by atoms with Crippen LogP contribution >= 0.6 is 11.8 Å². The predicted octanol–water partition coefficient (Wildman–Crippen LogP) is 2.51. The third kappa shape index (κ3) is 5.21. The van der Waals surface area contributed by atoms with Crippen LogP contribution in [-0.4, -0.2) is 34.7 Å². The lowest BCUT2D eigenvalue weighted by atomic mass is 10.2. The molecular weight excluding hydrogens is 222 g/mol. The van der Waals surface area contributed by atoms with E-state index in [2.05, 4.69) is 24.0 Å².